The highest BCUT2D eigenvalue weighted by Crippen LogP contribution is 2.38. The molecule has 1 aromatic heterocycles. The average molecular weight is 568 g/mol. The zero-order valence-electron chi connectivity index (χ0n) is 24.2. The second-order valence-corrected chi connectivity index (χ2v) is 10.9. The Balaban J connectivity index is 1.51. The molecule has 1 aliphatic carbocycles. The Labute approximate surface area is 245 Å². The van der Waals surface area contributed by atoms with E-state index in [4.69, 9.17) is 9.26 Å². The average Bonchev–Trinajstić information content (AvgIpc) is 3.48. The maximum Gasteiger partial charge on any atom is 0.439 e. The van der Waals surface area contributed by atoms with Gasteiger partial charge < -0.3 is 9.64 Å². The Morgan fingerprint density at radius 2 is 1.64 bits per heavy atom. The van der Waals surface area contributed by atoms with Crippen molar-refractivity contribution in [2.24, 2.45) is 0 Å². The third-order valence-corrected chi connectivity index (χ3v) is 8.24. The van der Waals surface area contributed by atoms with E-state index in [1.807, 2.05) is 66.7 Å². The molecule has 4 aromatic rings. The minimum atomic E-state index is -0.938. The van der Waals surface area contributed by atoms with Gasteiger partial charge in [-0.1, -0.05) is 98.4 Å². The monoisotopic (exact) mass is 567 g/mol. The number of esters is 1. The lowest BCUT2D eigenvalue weighted by atomic mass is 9.79. The first-order valence-electron chi connectivity index (χ1n) is 14.7. The van der Waals surface area contributed by atoms with Crippen LogP contribution in [0.1, 0.15) is 63.9 Å². The Morgan fingerprint density at radius 1 is 0.929 bits per heavy atom. The van der Waals surface area contributed by atoms with Gasteiger partial charge in [0.25, 0.3) is 0 Å². The number of unbranched alkanes of at least 4 members (excludes halogenated alkanes) is 1. The van der Waals surface area contributed by atoms with E-state index in [0.717, 1.165) is 65.5 Å². The second-order valence-electron chi connectivity index (χ2n) is 10.9. The third kappa shape index (κ3) is 6.08. The summed E-state index contributed by atoms with van der Waals surface area (Å²) < 4.78 is 10.1. The molecule has 1 N–H and O–H groups in total. The van der Waals surface area contributed by atoms with Crippen LogP contribution in [-0.2, 0) is 20.9 Å². The fraction of sp³-hybridized carbons (Fsp3) is 0.353. The van der Waals surface area contributed by atoms with Crippen molar-refractivity contribution in [3.05, 3.63) is 88.9 Å². The quantitative estimate of drug-likeness (QED) is 0.212. The second kappa shape index (κ2) is 13.0. The van der Waals surface area contributed by atoms with Gasteiger partial charge >= 0.3 is 11.7 Å². The number of aromatic amines is 1. The van der Waals surface area contributed by atoms with Crippen LogP contribution in [0.4, 0.5) is 0 Å². The predicted octanol–water partition coefficient (Wildman–Crippen LogP) is 6.76. The first-order chi connectivity index (χ1) is 20.4. The molecule has 5 rings (SSSR count). The first-order valence-corrected chi connectivity index (χ1v) is 14.7. The Bertz CT molecular complexity index is 1570. The maximum atomic E-state index is 13.6. The van der Waals surface area contributed by atoms with Gasteiger partial charge in [0.15, 0.2) is 5.82 Å². The molecule has 0 radical (unpaired) electrons. The van der Waals surface area contributed by atoms with Crippen LogP contribution in [0.15, 0.2) is 82.1 Å². The predicted molar refractivity (Wildman–Crippen MR) is 161 cm³/mol. The topological polar surface area (TPSA) is 106 Å². The number of nitrogens with one attached hydrogen (secondary N) is 1. The lowest BCUT2D eigenvalue weighted by molar-refractivity contribution is -0.166. The molecule has 8 heteroatoms. The number of methoxy groups -OCH3 is 1. The van der Waals surface area contributed by atoms with Crippen molar-refractivity contribution < 1.29 is 18.8 Å². The summed E-state index contributed by atoms with van der Waals surface area (Å²) in [5, 5.41) is 3.93. The molecule has 0 spiro atoms. The van der Waals surface area contributed by atoms with Crippen molar-refractivity contribution in [1.82, 2.24) is 15.0 Å². The number of hydrogen-bond donors (Lipinski definition) is 1. The van der Waals surface area contributed by atoms with Gasteiger partial charge in [-0.25, -0.2) is 9.59 Å². The van der Waals surface area contributed by atoms with Gasteiger partial charge in [0.05, 0.1) is 7.11 Å². The number of hydrogen-bond acceptors (Lipinski definition) is 6. The van der Waals surface area contributed by atoms with Crippen LogP contribution >= 0.6 is 0 Å². The zero-order valence-corrected chi connectivity index (χ0v) is 24.2. The molecular formula is C34H37N3O5. The molecule has 3 aromatic carbocycles. The van der Waals surface area contributed by atoms with Gasteiger partial charge in [-0.3, -0.25) is 14.3 Å². The minimum Gasteiger partial charge on any atom is -0.467 e. The third-order valence-electron chi connectivity index (χ3n) is 8.24. The highest BCUT2D eigenvalue weighted by molar-refractivity contribution is 5.88. The van der Waals surface area contributed by atoms with E-state index < -0.39 is 11.3 Å². The summed E-state index contributed by atoms with van der Waals surface area (Å²) in [5.74, 6) is -0.606. The maximum absolute atomic E-state index is 13.6. The molecule has 1 fully saturated rings. The Hall–Kier alpha value is -4.46. The van der Waals surface area contributed by atoms with Crippen molar-refractivity contribution in [2.75, 3.05) is 7.11 Å². The van der Waals surface area contributed by atoms with Crippen LogP contribution in [0.2, 0.25) is 0 Å². The minimum absolute atomic E-state index is 0.0129. The zero-order chi connectivity index (χ0) is 29.5. The molecule has 1 saturated carbocycles. The number of H-pyrrole nitrogens is 1. The number of carbonyl (C=O) groups is 2. The molecule has 0 atom stereocenters. The standard InChI is InChI=1S/C34H37N3O5/c1-3-4-13-30(38)37(34(32(39)41-2)20-9-6-10-21-34)23-24-14-16-26(17-15-24)29-22-27(25-11-7-5-8-12-25)18-19-28(29)31-35-33(40)42-36-31/h5,7-8,11-12,14-19,22H,3-4,6,9-10,13,20-21,23H2,1-2H3,(H,35,36,40). The lowest BCUT2D eigenvalue weighted by Gasteiger charge is -2.44. The summed E-state index contributed by atoms with van der Waals surface area (Å²) in [6.45, 7) is 2.38. The van der Waals surface area contributed by atoms with Gasteiger partial charge in [-0.2, -0.15) is 0 Å². The Morgan fingerprint density at radius 3 is 2.29 bits per heavy atom. The van der Waals surface area contributed by atoms with Gasteiger partial charge in [-0.05, 0) is 59.2 Å². The summed E-state index contributed by atoms with van der Waals surface area (Å²) in [4.78, 5) is 43.0. The van der Waals surface area contributed by atoms with Gasteiger partial charge in [-0.15, -0.1) is 0 Å². The Kier molecular flexibility index (Phi) is 9.00. The highest BCUT2D eigenvalue weighted by atomic mass is 16.5. The fourth-order valence-electron chi connectivity index (χ4n) is 5.97. The number of amides is 1. The van der Waals surface area contributed by atoms with Crippen LogP contribution in [-0.4, -0.2) is 39.6 Å². The lowest BCUT2D eigenvalue weighted by Crippen LogP contribution is -2.58. The van der Waals surface area contributed by atoms with E-state index >= 15 is 0 Å². The number of nitrogens with zero attached hydrogens (tertiary/aromatic N) is 2. The number of rotatable bonds is 10. The van der Waals surface area contributed by atoms with Crippen molar-refractivity contribution in [2.45, 2.75) is 70.4 Å². The largest absolute Gasteiger partial charge is 0.467 e. The number of aromatic nitrogens is 2. The normalized spacial score (nSPS) is 14.3. The molecule has 1 amide bonds. The van der Waals surface area contributed by atoms with Crippen LogP contribution in [0.3, 0.4) is 0 Å². The van der Waals surface area contributed by atoms with E-state index in [-0.39, 0.29) is 11.9 Å². The van der Waals surface area contributed by atoms with Crippen LogP contribution in [0, 0.1) is 0 Å². The highest BCUT2D eigenvalue weighted by Gasteiger charge is 2.47. The number of benzene rings is 3. The molecule has 0 saturated heterocycles. The van der Waals surface area contributed by atoms with E-state index in [1.165, 1.54) is 7.11 Å². The number of carbonyl (C=O) groups excluding carboxylic acids is 2. The molecule has 1 heterocycles. The van der Waals surface area contributed by atoms with Crippen molar-refractivity contribution in [1.29, 1.82) is 0 Å². The molecule has 1 aliphatic rings. The van der Waals surface area contributed by atoms with Crippen molar-refractivity contribution in [3.8, 4) is 33.6 Å². The van der Waals surface area contributed by atoms with Gasteiger partial charge in [0, 0.05) is 18.5 Å². The summed E-state index contributed by atoms with van der Waals surface area (Å²) >= 11 is 0. The number of ether oxygens (including phenoxy) is 1. The summed E-state index contributed by atoms with van der Waals surface area (Å²) in [6, 6.07) is 24.0. The summed E-state index contributed by atoms with van der Waals surface area (Å²) in [6.07, 6.45) is 6.12. The van der Waals surface area contributed by atoms with Crippen LogP contribution < -0.4 is 5.76 Å². The van der Waals surface area contributed by atoms with Crippen molar-refractivity contribution in [3.63, 3.8) is 0 Å². The fourth-order valence-corrected chi connectivity index (χ4v) is 5.97. The van der Waals surface area contributed by atoms with Gasteiger partial charge in [0.1, 0.15) is 5.54 Å². The molecule has 218 valence electrons. The molecule has 0 unspecified atom stereocenters. The SMILES string of the molecule is CCCCC(=O)N(Cc1ccc(-c2cc(-c3ccccc3)ccc2-c2noc(=O)[nH]2)cc1)C1(C(=O)OC)CCCCC1. The summed E-state index contributed by atoms with van der Waals surface area (Å²) in [7, 11) is 1.41. The molecule has 8 nitrogen and oxygen atoms in total. The van der Waals surface area contributed by atoms with Gasteiger partial charge in [0.2, 0.25) is 5.91 Å². The molecular weight excluding hydrogens is 530 g/mol. The summed E-state index contributed by atoms with van der Waals surface area (Å²) in [5.41, 5.74) is 4.60. The van der Waals surface area contributed by atoms with E-state index in [9.17, 15) is 14.4 Å². The van der Waals surface area contributed by atoms with Crippen molar-refractivity contribution >= 4 is 11.9 Å². The van der Waals surface area contributed by atoms with E-state index in [2.05, 4.69) is 23.1 Å². The van der Waals surface area contributed by atoms with E-state index in [1.54, 1.807) is 4.90 Å². The first kappa shape index (κ1) is 29.0. The molecule has 42 heavy (non-hydrogen) atoms. The molecule has 0 aliphatic heterocycles. The van der Waals surface area contributed by atoms with Crippen LogP contribution in [0.5, 0.6) is 0 Å². The van der Waals surface area contributed by atoms with Crippen LogP contribution in [0.25, 0.3) is 33.6 Å². The molecule has 0 bridgehead atoms. The van der Waals surface area contributed by atoms with E-state index in [0.29, 0.717) is 31.6 Å². The smallest absolute Gasteiger partial charge is 0.439 e.